The molecule has 1 heteroatoms. The first-order chi connectivity index (χ1) is 5.77. The van der Waals surface area contributed by atoms with Gasteiger partial charge in [0.15, 0.2) is 0 Å². The number of nitrogens with zero attached hydrogens (tertiary/aromatic N) is 1. The Morgan fingerprint density at radius 3 is 2.83 bits per heavy atom. The summed E-state index contributed by atoms with van der Waals surface area (Å²) in [7, 11) is 0. The lowest BCUT2D eigenvalue weighted by molar-refractivity contribution is 0.632. The first-order valence-electron chi connectivity index (χ1n) is 4.55. The highest BCUT2D eigenvalue weighted by Gasteiger charge is 2.23. The summed E-state index contributed by atoms with van der Waals surface area (Å²) in [4.78, 5) is 4.08. The van der Waals surface area contributed by atoms with Gasteiger partial charge in [-0.1, -0.05) is 30.7 Å². The smallest absolute Gasteiger partial charge is 0.0535 e. The molecule has 66 valence electrons. The minimum Gasteiger partial charge on any atom is -0.297 e. The molecule has 1 rings (SSSR count). The maximum Gasteiger partial charge on any atom is 0.0535 e. The fourth-order valence-electron chi connectivity index (χ4n) is 1.71. The third-order valence-electron chi connectivity index (χ3n) is 2.49. The van der Waals surface area contributed by atoms with Gasteiger partial charge in [-0.2, -0.15) is 0 Å². The van der Waals surface area contributed by atoms with Crippen LogP contribution < -0.4 is 0 Å². The first-order valence-corrected chi connectivity index (χ1v) is 4.55. The van der Waals surface area contributed by atoms with Crippen molar-refractivity contribution in [2.24, 2.45) is 10.9 Å². The predicted molar refractivity (Wildman–Crippen MR) is 54.6 cm³/mol. The third kappa shape index (κ3) is 2.07. The Morgan fingerprint density at radius 2 is 2.33 bits per heavy atom. The van der Waals surface area contributed by atoms with Gasteiger partial charge in [0.25, 0.3) is 0 Å². The molecule has 1 unspecified atom stereocenters. The monoisotopic (exact) mass is 163 g/mol. The molecular weight excluding hydrogens is 146 g/mol. The Hall–Kier alpha value is -0.850. The molecule has 12 heavy (non-hydrogen) atoms. The van der Waals surface area contributed by atoms with Crippen LogP contribution in [0.15, 0.2) is 28.8 Å². The van der Waals surface area contributed by atoms with Crippen LogP contribution in [0.3, 0.4) is 0 Å². The molecule has 1 aliphatic rings. The van der Waals surface area contributed by atoms with E-state index < -0.39 is 0 Å². The molecule has 0 spiro atoms. The normalized spacial score (nSPS) is 33.3. The lowest BCUT2D eigenvalue weighted by Crippen LogP contribution is -1.94. The zero-order chi connectivity index (χ0) is 8.97. The average Bonchev–Trinajstić information content (AvgIpc) is 2.43. The van der Waals surface area contributed by atoms with E-state index in [9.17, 15) is 0 Å². The van der Waals surface area contributed by atoms with E-state index in [0.717, 1.165) is 6.42 Å². The lowest BCUT2D eigenvalue weighted by atomic mass is 10.1. The zero-order valence-electron chi connectivity index (χ0n) is 7.96. The fraction of sp³-hybridized carbons (Fsp3) is 0.545. The highest BCUT2D eigenvalue weighted by molar-refractivity contribution is 5.27. The summed E-state index contributed by atoms with van der Waals surface area (Å²) < 4.78 is 0. The van der Waals surface area contributed by atoms with Gasteiger partial charge in [-0.05, 0) is 32.4 Å². The molecule has 0 aromatic rings. The molecule has 0 N–H and O–H groups in total. The van der Waals surface area contributed by atoms with E-state index in [1.54, 1.807) is 0 Å². The van der Waals surface area contributed by atoms with E-state index in [-0.39, 0.29) is 0 Å². The molecule has 0 heterocycles. The second-order valence-corrected chi connectivity index (χ2v) is 3.44. The van der Waals surface area contributed by atoms with Gasteiger partial charge in [0.1, 0.15) is 0 Å². The largest absolute Gasteiger partial charge is 0.297 e. The van der Waals surface area contributed by atoms with Gasteiger partial charge >= 0.3 is 0 Å². The average molecular weight is 163 g/mol. The maximum atomic E-state index is 4.08. The van der Waals surface area contributed by atoms with E-state index in [1.807, 2.05) is 6.92 Å². The molecule has 2 atom stereocenters. The third-order valence-corrected chi connectivity index (χ3v) is 2.49. The van der Waals surface area contributed by atoms with Crippen molar-refractivity contribution in [1.29, 1.82) is 0 Å². The molecule has 1 fully saturated rings. The molecule has 1 nitrogen and oxygen atoms in total. The minimum atomic E-state index is 0.469. The van der Waals surface area contributed by atoms with Gasteiger partial charge in [-0.3, -0.25) is 4.99 Å². The Kier molecular flexibility index (Phi) is 3.27. The first kappa shape index (κ1) is 9.24. The molecule has 0 saturated heterocycles. The molecule has 1 aliphatic carbocycles. The van der Waals surface area contributed by atoms with Gasteiger partial charge in [-0.15, -0.1) is 0 Å². The van der Waals surface area contributed by atoms with E-state index in [0.29, 0.717) is 12.0 Å². The van der Waals surface area contributed by atoms with Crippen molar-refractivity contribution in [3.8, 4) is 0 Å². The van der Waals surface area contributed by atoms with Crippen molar-refractivity contribution < 1.29 is 0 Å². The lowest BCUT2D eigenvalue weighted by Gasteiger charge is -2.00. The number of hydrogen-bond donors (Lipinski definition) is 0. The van der Waals surface area contributed by atoms with Crippen LogP contribution in [0.4, 0.5) is 0 Å². The van der Waals surface area contributed by atoms with Gasteiger partial charge in [0, 0.05) is 0 Å². The van der Waals surface area contributed by atoms with Crippen LogP contribution in [0.1, 0.15) is 26.7 Å². The maximum absolute atomic E-state index is 4.08. The number of hydrogen-bond acceptors (Lipinski definition) is 1. The summed E-state index contributed by atoms with van der Waals surface area (Å²) in [6, 6.07) is 0.469. The van der Waals surface area contributed by atoms with E-state index in [1.165, 1.54) is 12.0 Å². The van der Waals surface area contributed by atoms with Crippen LogP contribution in [0.5, 0.6) is 0 Å². The zero-order valence-corrected chi connectivity index (χ0v) is 7.96. The molecule has 1 saturated carbocycles. The minimum absolute atomic E-state index is 0.469. The van der Waals surface area contributed by atoms with Crippen molar-refractivity contribution in [3.05, 3.63) is 23.8 Å². The molecular formula is C11H17N. The highest BCUT2D eigenvalue weighted by Crippen LogP contribution is 2.32. The summed E-state index contributed by atoms with van der Waals surface area (Å²) in [5.41, 5.74) is 1.52. The topological polar surface area (TPSA) is 12.4 Å². The Bertz CT molecular complexity index is 213. The summed E-state index contributed by atoms with van der Waals surface area (Å²) in [6.45, 7) is 7.90. The van der Waals surface area contributed by atoms with Crippen LogP contribution in [0.2, 0.25) is 0 Å². The van der Waals surface area contributed by atoms with E-state index >= 15 is 0 Å². The molecule has 0 aliphatic heterocycles. The molecule has 0 bridgehead atoms. The van der Waals surface area contributed by atoms with Crippen LogP contribution in [-0.2, 0) is 0 Å². The van der Waals surface area contributed by atoms with Crippen molar-refractivity contribution in [1.82, 2.24) is 0 Å². The summed E-state index contributed by atoms with van der Waals surface area (Å²) in [5.74, 6) is 0.691. The fourth-order valence-corrected chi connectivity index (χ4v) is 1.71. The molecule has 0 aromatic carbocycles. The predicted octanol–water partition coefficient (Wildman–Crippen LogP) is 2.99. The van der Waals surface area contributed by atoms with E-state index in [4.69, 9.17) is 0 Å². The number of allylic oxidation sites excluding steroid dienone is 3. The molecule has 0 radical (unpaired) electrons. The quantitative estimate of drug-likeness (QED) is 0.555. The Morgan fingerprint density at radius 1 is 1.58 bits per heavy atom. The van der Waals surface area contributed by atoms with Gasteiger partial charge in [-0.25, -0.2) is 0 Å². The Balaban J connectivity index is 2.62. The standard InChI is InChI=1S/C11H17N/c1-4-5-6-10-8-11(12-3)7-9(10)2/h4-6,9,11H,3,7-8H2,1-2H3/b5-4-,10-6-/t9?,11-/m1/s1. The van der Waals surface area contributed by atoms with Gasteiger partial charge in [0.2, 0.25) is 0 Å². The summed E-state index contributed by atoms with van der Waals surface area (Å²) in [5, 5.41) is 0. The van der Waals surface area contributed by atoms with Crippen molar-refractivity contribution in [3.63, 3.8) is 0 Å². The number of rotatable bonds is 2. The van der Waals surface area contributed by atoms with E-state index in [2.05, 4.69) is 36.9 Å². The SMILES string of the molecule is C=N[C@H]1C/C(=C/C=C\C)C(C)C1. The highest BCUT2D eigenvalue weighted by atomic mass is 14.8. The number of aliphatic imine (C=N–C) groups is 1. The van der Waals surface area contributed by atoms with Gasteiger partial charge in [0.05, 0.1) is 6.04 Å². The Labute approximate surface area is 74.9 Å². The van der Waals surface area contributed by atoms with Crippen LogP contribution in [-0.4, -0.2) is 12.8 Å². The molecule has 0 aromatic heterocycles. The molecule has 0 amide bonds. The van der Waals surface area contributed by atoms with Crippen molar-refractivity contribution in [2.45, 2.75) is 32.7 Å². The van der Waals surface area contributed by atoms with Crippen LogP contribution in [0.25, 0.3) is 0 Å². The van der Waals surface area contributed by atoms with Crippen LogP contribution in [0, 0.1) is 5.92 Å². The second-order valence-electron chi connectivity index (χ2n) is 3.44. The summed E-state index contributed by atoms with van der Waals surface area (Å²) in [6.07, 6.45) is 8.67. The van der Waals surface area contributed by atoms with Gasteiger partial charge < -0.3 is 0 Å². The van der Waals surface area contributed by atoms with Crippen molar-refractivity contribution >= 4 is 6.72 Å². The second kappa shape index (κ2) is 4.24. The summed E-state index contributed by atoms with van der Waals surface area (Å²) >= 11 is 0. The van der Waals surface area contributed by atoms with Crippen LogP contribution >= 0.6 is 0 Å². The van der Waals surface area contributed by atoms with Crippen molar-refractivity contribution in [2.75, 3.05) is 0 Å².